The van der Waals surface area contributed by atoms with Crippen molar-refractivity contribution >= 4 is 45.5 Å². The first-order valence-corrected chi connectivity index (χ1v) is 14.0. The van der Waals surface area contributed by atoms with Crippen LogP contribution in [0.15, 0.2) is 76.6 Å². The Bertz CT molecular complexity index is 1410. The second kappa shape index (κ2) is 11.2. The molecule has 0 spiro atoms. The number of nitrogens with zero attached hydrogens (tertiary/aromatic N) is 2. The number of H-pyrrole nitrogens is 1. The molecule has 0 bridgehead atoms. The van der Waals surface area contributed by atoms with Crippen LogP contribution in [0.25, 0.3) is 33.1 Å². The Hall–Kier alpha value is -3.60. The first kappa shape index (κ1) is 25.1. The van der Waals surface area contributed by atoms with Crippen LogP contribution >= 0.6 is 34.4 Å². The quantitative estimate of drug-likeness (QED) is 0.192. The maximum Gasteiger partial charge on any atom is 0.239 e. The summed E-state index contributed by atoms with van der Waals surface area (Å²) in [6, 6.07) is 19.5. The van der Waals surface area contributed by atoms with Gasteiger partial charge in [-0.25, -0.2) is 9.97 Å². The second-order valence-corrected chi connectivity index (χ2v) is 11.1. The van der Waals surface area contributed by atoms with Gasteiger partial charge >= 0.3 is 0 Å². The number of carbonyl (C=O) groups is 1. The molecule has 2 N–H and O–H groups in total. The molecule has 0 saturated heterocycles. The molecule has 0 radical (unpaired) electrons. The highest BCUT2D eigenvalue weighted by Gasteiger charge is 2.21. The minimum absolute atomic E-state index is 0.134. The lowest BCUT2D eigenvalue weighted by Gasteiger charge is -2.08. The van der Waals surface area contributed by atoms with E-state index in [2.05, 4.69) is 15.3 Å². The average molecular weight is 549 g/mol. The zero-order chi connectivity index (χ0) is 25.8. The number of imidazole rings is 1. The van der Waals surface area contributed by atoms with Crippen molar-refractivity contribution in [2.24, 2.45) is 0 Å². The zero-order valence-electron chi connectivity index (χ0n) is 20.3. The third kappa shape index (κ3) is 5.71. The molecule has 188 valence electrons. The highest BCUT2D eigenvalue weighted by atomic mass is 32.2. The van der Waals surface area contributed by atoms with Gasteiger partial charge < -0.3 is 19.8 Å². The fourth-order valence-corrected chi connectivity index (χ4v) is 5.91. The Morgan fingerprint density at radius 3 is 2.24 bits per heavy atom. The van der Waals surface area contributed by atoms with Gasteiger partial charge in [0.15, 0.2) is 10.3 Å². The Morgan fingerprint density at radius 1 is 0.946 bits per heavy atom. The Kier molecular flexibility index (Phi) is 7.59. The smallest absolute Gasteiger partial charge is 0.239 e. The molecule has 1 atom stereocenters. The number of aromatic nitrogens is 3. The number of carbonyl (C=O) groups excluding carboxylic acids is 1. The molecule has 5 aromatic rings. The van der Waals surface area contributed by atoms with Crippen LogP contribution in [0.4, 0.5) is 5.13 Å². The highest BCUT2D eigenvalue weighted by molar-refractivity contribution is 8.00. The molecule has 0 aliphatic rings. The van der Waals surface area contributed by atoms with Crippen molar-refractivity contribution in [1.29, 1.82) is 0 Å². The predicted octanol–water partition coefficient (Wildman–Crippen LogP) is 7.07. The fourth-order valence-electron chi connectivity index (χ4n) is 3.63. The number of hydrogen-bond acceptors (Lipinski definition) is 8. The van der Waals surface area contributed by atoms with E-state index in [9.17, 15) is 4.79 Å². The summed E-state index contributed by atoms with van der Waals surface area (Å²) in [5.74, 6) is 1.42. The van der Waals surface area contributed by atoms with E-state index in [1.54, 1.807) is 25.6 Å². The summed E-state index contributed by atoms with van der Waals surface area (Å²) >= 11 is 4.40. The second-order valence-electron chi connectivity index (χ2n) is 7.99. The van der Waals surface area contributed by atoms with Gasteiger partial charge in [-0.1, -0.05) is 17.8 Å². The minimum Gasteiger partial charge on any atom is -0.497 e. The number of methoxy groups -OCH3 is 2. The van der Waals surface area contributed by atoms with Gasteiger partial charge in [0, 0.05) is 16.5 Å². The molecule has 0 aliphatic heterocycles. The molecule has 0 fully saturated rings. The monoisotopic (exact) mass is 548 g/mol. The third-order valence-electron chi connectivity index (χ3n) is 5.59. The van der Waals surface area contributed by atoms with E-state index in [0.717, 1.165) is 44.6 Å². The highest BCUT2D eigenvalue weighted by Crippen LogP contribution is 2.35. The molecule has 0 saturated carbocycles. The molecule has 1 unspecified atom stereocenters. The van der Waals surface area contributed by atoms with E-state index in [1.807, 2.05) is 78.3 Å². The molecule has 3 heterocycles. The number of rotatable bonds is 9. The van der Waals surface area contributed by atoms with Gasteiger partial charge in [0.2, 0.25) is 5.91 Å². The van der Waals surface area contributed by atoms with Crippen molar-refractivity contribution in [2.45, 2.75) is 17.3 Å². The maximum absolute atomic E-state index is 13.0. The van der Waals surface area contributed by atoms with E-state index in [0.29, 0.717) is 10.3 Å². The van der Waals surface area contributed by atoms with Crippen molar-refractivity contribution in [3.8, 4) is 44.6 Å². The van der Waals surface area contributed by atoms with Gasteiger partial charge in [-0.2, -0.15) is 0 Å². The van der Waals surface area contributed by atoms with Gasteiger partial charge in [-0.05, 0) is 66.9 Å². The van der Waals surface area contributed by atoms with Crippen LogP contribution in [-0.2, 0) is 4.79 Å². The van der Waals surface area contributed by atoms with Crippen LogP contribution < -0.4 is 14.8 Å². The van der Waals surface area contributed by atoms with Crippen LogP contribution in [-0.4, -0.2) is 40.3 Å². The van der Waals surface area contributed by atoms with Crippen LogP contribution in [0, 0.1) is 0 Å². The number of thiophene rings is 1. The zero-order valence-corrected chi connectivity index (χ0v) is 22.8. The average Bonchev–Trinajstić information content (AvgIpc) is 3.70. The van der Waals surface area contributed by atoms with E-state index < -0.39 is 5.25 Å². The number of hydrogen-bond donors (Lipinski definition) is 2. The van der Waals surface area contributed by atoms with Gasteiger partial charge in [0.05, 0.1) is 41.4 Å². The largest absolute Gasteiger partial charge is 0.497 e. The van der Waals surface area contributed by atoms with Crippen LogP contribution in [0.1, 0.15) is 6.92 Å². The molecule has 2 aromatic carbocycles. The van der Waals surface area contributed by atoms with Gasteiger partial charge in [0.25, 0.3) is 0 Å². The molecule has 0 aliphatic carbocycles. The van der Waals surface area contributed by atoms with E-state index in [1.165, 1.54) is 23.1 Å². The SMILES string of the molecule is COc1ccc(-c2nc(SC(C)C(=O)Nc3nc(-c4cccs4)cs3)[nH]c2-c2ccc(OC)cc2)cc1. The number of nitrogens with one attached hydrogen (secondary N) is 2. The van der Waals surface area contributed by atoms with E-state index in [-0.39, 0.29) is 5.91 Å². The molecular formula is C27H24N4O3S3. The Balaban J connectivity index is 1.37. The summed E-state index contributed by atoms with van der Waals surface area (Å²) in [5, 5.41) is 7.74. The number of benzene rings is 2. The third-order valence-corrected chi connectivity index (χ3v) is 8.22. The number of aromatic amines is 1. The van der Waals surface area contributed by atoms with Crippen molar-refractivity contribution in [3.05, 3.63) is 71.4 Å². The van der Waals surface area contributed by atoms with Crippen molar-refractivity contribution in [1.82, 2.24) is 15.0 Å². The van der Waals surface area contributed by atoms with Crippen molar-refractivity contribution in [3.63, 3.8) is 0 Å². The van der Waals surface area contributed by atoms with E-state index in [4.69, 9.17) is 14.5 Å². The van der Waals surface area contributed by atoms with Crippen LogP contribution in [0.5, 0.6) is 11.5 Å². The first-order valence-electron chi connectivity index (χ1n) is 11.4. The summed E-state index contributed by atoms with van der Waals surface area (Å²) in [6.07, 6.45) is 0. The lowest BCUT2D eigenvalue weighted by atomic mass is 10.0. The van der Waals surface area contributed by atoms with Crippen molar-refractivity contribution in [2.75, 3.05) is 19.5 Å². The summed E-state index contributed by atoms with van der Waals surface area (Å²) in [6.45, 7) is 1.86. The summed E-state index contributed by atoms with van der Waals surface area (Å²) < 4.78 is 10.6. The number of thioether (sulfide) groups is 1. The molecule has 10 heteroatoms. The van der Waals surface area contributed by atoms with Gasteiger partial charge in [-0.3, -0.25) is 4.79 Å². The predicted molar refractivity (Wildman–Crippen MR) is 152 cm³/mol. The number of anilines is 1. The Morgan fingerprint density at radius 2 is 1.62 bits per heavy atom. The molecule has 7 nitrogen and oxygen atoms in total. The molecule has 37 heavy (non-hydrogen) atoms. The topological polar surface area (TPSA) is 89.1 Å². The molecule has 1 amide bonds. The Labute approximate surface area is 226 Å². The number of amides is 1. The lowest BCUT2D eigenvalue weighted by Crippen LogP contribution is -2.22. The molecule has 3 aromatic heterocycles. The van der Waals surface area contributed by atoms with E-state index >= 15 is 0 Å². The molecule has 5 rings (SSSR count). The minimum atomic E-state index is -0.396. The van der Waals surface area contributed by atoms with Gasteiger partial charge in [-0.15, -0.1) is 22.7 Å². The summed E-state index contributed by atoms with van der Waals surface area (Å²) in [4.78, 5) is 26.9. The van der Waals surface area contributed by atoms with Crippen LogP contribution in [0.3, 0.4) is 0 Å². The number of thiazole rings is 1. The molecular weight excluding hydrogens is 525 g/mol. The maximum atomic E-state index is 13.0. The number of ether oxygens (including phenoxy) is 2. The fraction of sp³-hybridized carbons (Fsp3) is 0.148. The van der Waals surface area contributed by atoms with Crippen LogP contribution in [0.2, 0.25) is 0 Å². The normalized spacial score (nSPS) is 11.8. The first-order chi connectivity index (χ1) is 18.0. The lowest BCUT2D eigenvalue weighted by molar-refractivity contribution is -0.115. The van der Waals surface area contributed by atoms with Gasteiger partial charge in [0.1, 0.15) is 11.5 Å². The summed E-state index contributed by atoms with van der Waals surface area (Å²) in [7, 11) is 3.28. The summed E-state index contributed by atoms with van der Waals surface area (Å²) in [5.41, 5.74) is 4.43. The standard InChI is InChI=1S/C27H24N4O3S3/c1-16(25(32)31-26-28-21(15-36-26)22-5-4-14-35-22)37-27-29-23(17-6-10-19(33-2)11-7-17)24(30-27)18-8-12-20(34-3)13-9-18/h4-16H,1-3H3,(H,29,30)(H,28,31,32). The van der Waals surface area contributed by atoms with Crippen molar-refractivity contribution < 1.29 is 14.3 Å².